The standard InChI is InChI=1S/C31H34O2/c1-8-33-26-18-25(23-16-14-19(2)15-17-23)28(32)31(24-12-10-9-11-13-24)27(26)29(6)20(3)21(4)30(31,7)22(29)5/h9-18,22H,8H2,1-7H3/t22?,29-,30+,31-/m1/s1. The second-order valence-electron chi connectivity index (χ2n) is 10.4. The van der Waals surface area contributed by atoms with E-state index in [0.717, 1.165) is 28.0 Å². The maximum atomic E-state index is 14.9. The van der Waals surface area contributed by atoms with Crippen LogP contribution in [0.1, 0.15) is 58.2 Å². The molecule has 1 unspecified atom stereocenters. The third kappa shape index (κ3) is 2.37. The molecule has 0 N–H and O–H groups in total. The topological polar surface area (TPSA) is 26.3 Å². The van der Waals surface area contributed by atoms with Crippen LogP contribution in [0.25, 0.3) is 5.57 Å². The molecule has 3 aliphatic rings. The number of hydrogen-bond donors (Lipinski definition) is 0. The molecule has 0 saturated heterocycles. The van der Waals surface area contributed by atoms with E-state index in [1.165, 1.54) is 16.7 Å². The van der Waals surface area contributed by atoms with Crippen molar-refractivity contribution in [1.82, 2.24) is 0 Å². The summed E-state index contributed by atoms with van der Waals surface area (Å²) in [6.45, 7) is 16.2. The van der Waals surface area contributed by atoms with Gasteiger partial charge in [0, 0.05) is 22.0 Å². The molecule has 5 rings (SSSR count). The molecule has 0 spiro atoms. The molecular formula is C31H34O2. The van der Waals surface area contributed by atoms with Crippen molar-refractivity contribution in [2.45, 2.75) is 53.9 Å². The maximum Gasteiger partial charge on any atom is 0.179 e. The number of hydrogen-bond acceptors (Lipinski definition) is 2. The Bertz CT molecular complexity index is 1240. The summed E-state index contributed by atoms with van der Waals surface area (Å²) in [7, 11) is 0. The molecule has 1 saturated carbocycles. The fourth-order valence-electron chi connectivity index (χ4n) is 7.41. The molecule has 0 radical (unpaired) electrons. The first-order chi connectivity index (χ1) is 15.7. The van der Waals surface area contributed by atoms with Crippen LogP contribution in [0.5, 0.6) is 0 Å². The zero-order valence-electron chi connectivity index (χ0n) is 20.9. The van der Waals surface area contributed by atoms with Gasteiger partial charge in [0.2, 0.25) is 0 Å². The van der Waals surface area contributed by atoms with E-state index < -0.39 is 5.41 Å². The molecule has 170 valence electrons. The van der Waals surface area contributed by atoms with Gasteiger partial charge in [0.05, 0.1) is 12.0 Å². The van der Waals surface area contributed by atoms with E-state index in [9.17, 15) is 4.79 Å². The Kier molecular flexibility index (Phi) is 4.70. The van der Waals surface area contributed by atoms with Crippen LogP contribution in [0, 0.1) is 23.7 Å². The predicted molar refractivity (Wildman–Crippen MR) is 135 cm³/mol. The molecule has 2 aromatic carbocycles. The molecule has 0 amide bonds. The average molecular weight is 439 g/mol. The van der Waals surface area contributed by atoms with E-state index in [1.807, 2.05) is 19.1 Å². The molecule has 0 aromatic heterocycles. The molecular weight excluding hydrogens is 404 g/mol. The van der Waals surface area contributed by atoms with Gasteiger partial charge >= 0.3 is 0 Å². The molecule has 2 nitrogen and oxygen atoms in total. The fraction of sp³-hybridized carbons (Fsp3) is 0.387. The molecule has 3 aliphatic carbocycles. The van der Waals surface area contributed by atoms with Crippen LogP contribution < -0.4 is 0 Å². The van der Waals surface area contributed by atoms with Crippen molar-refractivity contribution < 1.29 is 9.53 Å². The van der Waals surface area contributed by atoms with Gasteiger partial charge in [-0.3, -0.25) is 4.79 Å². The molecule has 4 atom stereocenters. The van der Waals surface area contributed by atoms with Crippen molar-refractivity contribution in [2.24, 2.45) is 16.7 Å². The van der Waals surface area contributed by atoms with Gasteiger partial charge in [-0.05, 0) is 50.8 Å². The van der Waals surface area contributed by atoms with Gasteiger partial charge in [-0.25, -0.2) is 0 Å². The summed E-state index contributed by atoms with van der Waals surface area (Å²) in [4.78, 5) is 14.9. The second-order valence-corrected chi connectivity index (χ2v) is 10.4. The lowest BCUT2D eigenvalue weighted by Crippen LogP contribution is -2.52. The summed E-state index contributed by atoms with van der Waals surface area (Å²) in [5.41, 5.74) is 6.49. The highest BCUT2D eigenvalue weighted by Gasteiger charge is 2.77. The highest BCUT2D eigenvalue weighted by molar-refractivity contribution is 6.29. The van der Waals surface area contributed by atoms with E-state index in [4.69, 9.17) is 4.74 Å². The summed E-state index contributed by atoms with van der Waals surface area (Å²) in [6, 6.07) is 18.8. The van der Waals surface area contributed by atoms with Gasteiger partial charge in [0.1, 0.15) is 5.76 Å². The number of rotatable bonds is 4. The zero-order chi connectivity index (χ0) is 23.8. The summed E-state index contributed by atoms with van der Waals surface area (Å²) in [6.07, 6.45) is 2.03. The van der Waals surface area contributed by atoms with Crippen LogP contribution >= 0.6 is 0 Å². The highest BCUT2D eigenvalue weighted by Crippen LogP contribution is 2.79. The molecule has 2 heteroatoms. The third-order valence-electron chi connectivity index (χ3n) is 9.50. The van der Waals surface area contributed by atoms with Crippen LogP contribution in [-0.4, -0.2) is 12.4 Å². The lowest BCUT2D eigenvalue weighted by Gasteiger charge is -2.50. The summed E-state index contributed by atoms with van der Waals surface area (Å²) in [5.74, 6) is 1.34. The number of ether oxygens (including phenoxy) is 1. The molecule has 0 heterocycles. The summed E-state index contributed by atoms with van der Waals surface area (Å²) in [5, 5.41) is 0. The summed E-state index contributed by atoms with van der Waals surface area (Å²) >= 11 is 0. The Balaban J connectivity index is 1.93. The largest absolute Gasteiger partial charge is 0.494 e. The number of carbonyl (C=O) groups is 1. The summed E-state index contributed by atoms with van der Waals surface area (Å²) < 4.78 is 6.39. The number of benzene rings is 2. The second kappa shape index (κ2) is 7.06. The minimum Gasteiger partial charge on any atom is -0.494 e. The van der Waals surface area contributed by atoms with E-state index >= 15 is 0 Å². The maximum absolute atomic E-state index is 14.9. The molecule has 2 aromatic rings. The zero-order valence-corrected chi connectivity index (χ0v) is 20.9. The minimum atomic E-state index is -0.786. The Morgan fingerprint density at radius 3 is 2.15 bits per heavy atom. The smallest absolute Gasteiger partial charge is 0.179 e. The molecule has 2 bridgehead atoms. The van der Waals surface area contributed by atoms with E-state index in [1.54, 1.807) is 0 Å². The Morgan fingerprint density at radius 2 is 1.55 bits per heavy atom. The van der Waals surface area contributed by atoms with Crippen LogP contribution in [0.4, 0.5) is 0 Å². The quantitative estimate of drug-likeness (QED) is 0.472. The number of fused-ring (bicyclic) bond motifs is 5. The minimum absolute atomic E-state index is 0.195. The van der Waals surface area contributed by atoms with Gasteiger partial charge < -0.3 is 4.74 Å². The van der Waals surface area contributed by atoms with Gasteiger partial charge in [0.15, 0.2) is 5.78 Å². The SMILES string of the molecule is CCOC1=C2[C@]3(C)C(C)=C(C)[C@@](C)(C3C)[C@@]2(c2ccccc2)C(=O)C(c2ccc(C)cc2)=C1. The normalized spacial score (nSPS) is 32.9. The number of carbonyl (C=O) groups excluding carboxylic acids is 1. The Hall–Kier alpha value is -2.87. The number of ketones is 1. The van der Waals surface area contributed by atoms with Gasteiger partial charge in [-0.15, -0.1) is 0 Å². The van der Waals surface area contributed by atoms with Crippen LogP contribution in [0.3, 0.4) is 0 Å². The molecule has 1 fully saturated rings. The Morgan fingerprint density at radius 1 is 0.909 bits per heavy atom. The average Bonchev–Trinajstić information content (AvgIpc) is 3.07. The van der Waals surface area contributed by atoms with Crippen molar-refractivity contribution in [3.63, 3.8) is 0 Å². The first-order valence-corrected chi connectivity index (χ1v) is 12.1. The Labute approximate surface area is 198 Å². The van der Waals surface area contributed by atoms with Crippen molar-refractivity contribution in [1.29, 1.82) is 0 Å². The lowest BCUT2D eigenvalue weighted by atomic mass is 9.50. The third-order valence-corrected chi connectivity index (χ3v) is 9.50. The first-order valence-electron chi connectivity index (χ1n) is 12.1. The number of allylic oxidation sites excluding steroid dienone is 5. The predicted octanol–water partition coefficient (Wildman–Crippen LogP) is 7.20. The van der Waals surface area contributed by atoms with E-state index in [0.29, 0.717) is 6.61 Å². The first kappa shape index (κ1) is 21.9. The van der Waals surface area contributed by atoms with Gasteiger partial charge in [-0.2, -0.15) is 0 Å². The van der Waals surface area contributed by atoms with Gasteiger partial charge in [-0.1, -0.05) is 92.1 Å². The van der Waals surface area contributed by atoms with Crippen molar-refractivity contribution >= 4 is 11.4 Å². The number of aryl methyl sites for hydroxylation is 1. The van der Waals surface area contributed by atoms with Crippen molar-refractivity contribution in [2.75, 3.05) is 6.61 Å². The van der Waals surface area contributed by atoms with Crippen LogP contribution in [-0.2, 0) is 14.9 Å². The van der Waals surface area contributed by atoms with Gasteiger partial charge in [0.25, 0.3) is 0 Å². The van der Waals surface area contributed by atoms with Crippen LogP contribution in [0.2, 0.25) is 0 Å². The van der Waals surface area contributed by atoms with Crippen molar-refractivity contribution in [3.05, 3.63) is 99.8 Å². The monoisotopic (exact) mass is 438 g/mol. The highest BCUT2D eigenvalue weighted by atomic mass is 16.5. The van der Waals surface area contributed by atoms with Crippen LogP contribution in [0.15, 0.2) is 83.2 Å². The molecule has 33 heavy (non-hydrogen) atoms. The fourth-order valence-corrected chi connectivity index (χ4v) is 7.41. The number of Topliss-reactive ketones (excluding diaryl/α,β-unsaturated/α-hetero) is 1. The van der Waals surface area contributed by atoms with E-state index in [2.05, 4.69) is 90.1 Å². The van der Waals surface area contributed by atoms with E-state index in [-0.39, 0.29) is 22.5 Å². The molecule has 0 aliphatic heterocycles. The lowest BCUT2D eigenvalue weighted by molar-refractivity contribution is -0.121. The van der Waals surface area contributed by atoms with Crippen molar-refractivity contribution in [3.8, 4) is 0 Å².